The van der Waals surface area contributed by atoms with Gasteiger partial charge < -0.3 is 5.11 Å². The fraction of sp³-hybridized carbons (Fsp3) is 0.545. The smallest absolute Gasteiger partial charge is 0.347 e. The van der Waals surface area contributed by atoms with Gasteiger partial charge in [0.05, 0.1) is 6.54 Å². The Kier molecular flexibility index (Phi) is 2.88. The molecule has 3 heterocycles. The van der Waals surface area contributed by atoms with Gasteiger partial charge in [0.25, 0.3) is 0 Å². The molecule has 0 saturated carbocycles. The SMILES string of the molecule is Cc1nonc1Cn1nc2n(c1=O)[C@@H](C(=O)O)CCC2. The van der Waals surface area contributed by atoms with Crippen molar-refractivity contribution in [2.45, 2.75) is 38.8 Å². The number of carbonyl (C=O) groups is 1. The molecule has 0 amide bonds. The first-order chi connectivity index (χ1) is 9.58. The number of rotatable bonds is 3. The van der Waals surface area contributed by atoms with Crippen LogP contribution in [0.1, 0.15) is 36.1 Å². The van der Waals surface area contributed by atoms with Gasteiger partial charge in [-0.15, -0.1) is 0 Å². The number of aryl methyl sites for hydroxylation is 2. The van der Waals surface area contributed by atoms with Crippen LogP contribution in [-0.2, 0) is 17.8 Å². The molecule has 1 aliphatic heterocycles. The zero-order valence-electron chi connectivity index (χ0n) is 10.8. The average molecular weight is 279 g/mol. The summed E-state index contributed by atoms with van der Waals surface area (Å²) in [5, 5.41) is 20.7. The molecule has 20 heavy (non-hydrogen) atoms. The minimum atomic E-state index is -1.01. The molecule has 1 N–H and O–H groups in total. The third-order valence-corrected chi connectivity index (χ3v) is 3.46. The van der Waals surface area contributed by atoms with Crippen molar-refractivity contribution >= 4 is 5.97 Å². The number of aliphatic carboxylic acids is 1. The molecule has 9 heteroatoms. The monoisotopic (exact) mass is 279 g/mol. The highest BCUT2D eigenvalue weighted by Crippen LogP contribution is 2.21. The zero-order chi connectivity index (χ0) is 14.3. The molecular weight excluding hydrogens is 266 g/mol. The van der Waals surface area contributed by atoms with Gasteiger partial charge in [0.2, 0.25) is 0 Å². The number of fused-ring (bicyclic) bond motifs is 1. The van der Waals surface area contributed by atoms with Gasteiger partial charge in [-0.3, -0.25) is 4.57 Å². The lowest BCUT2D eigenvalue weighted by molar-refractivity contribution is -0.141. The maximum atomic E-state index is 12.3. The second kappa shape index (κ2) is 4.58. The van der Waals surface area contributed by atoms with E-state index in [0.29, 0.717) is 36.5 Å². The maximum Gasteiger partial charge on any atom is 0.347 e. The molecule has 0 saturated heterocycles. The average Bonchev–Trinajstić information content (AvgIpc) is 2.95. The fourth-order valence-electron chi connectivity index (χ4n) is 2.40. The van der Waals surface area contributed by atoms with Crippen LogP contribution in [0, 0.1) is 6.92 Å². The lowest BCUT2D eigenvalue weighted by atomic mass is 10.1. The quantitative estimate of drug-likeness (QED) is 0.823. The topological polar surface area (TPSA) is 116 Å². The van der Waals surface area contributed by atoms with Gasteiger partial charge in [-0.1, -0.05) is 10.3 Å². The molecule has 0 radical (unpaired) electrons. The Bertz CT molecular complexity index is 713. The molecule has 1 atom stereocenters. The highest BCUT2D eigenvalue weighted by Gasteiger charge is 2.30. The van der Waals surface area contributed by atoms with Crippen LogP contribution in [0.2, 0.25) is 0 Å². The van der Waals surface area contributed by atoms with Gasteiger partial charge in [0.15, 0.2) is 0 Å². The minimum absolute atomic E-state index is 0.126. The Balaban J connectivity index is 2.01. The molecule has 106 valence electrons. The second-order valence-electron chi connectivity index (χ2n) is 4.77. The molecule has 0 bridgehead atoms. The lowest BCUT2D eigenvalue weighted by Gasteiger charge is -2.19. The van der Waals surface area contributed by atoms with Crippen molar-refractivity contribution in [3.8, 4) is 0 Å². The van der Waals surface area contributed by atoms with E-state index in [1.54, 1.807) is 6.92 Å². The van der Waals surface area contributed by atoms with E-state index in [1.807, 2.05) is 0 Å². The molecule has 0 aromatic carbocycles. The van der Waals surface area contributed by atoms with Gasteiger partial charge in [-0.2, -0.15) is 5.10 Å². The Labute approximate surface area is 112 Å². The van der Waals surface area contributed by atoms with Gasteiger partial charge in [-0.05, 0) is 19.8 Å². The summed E-state index contributed by atoms with van der Waals surface area (Å²) in [6.07, 6.45) is 1.75. The van der Waals surface area contributed by atoms with Crippen LogP contribution in [0.25, 0.3) is 0 Å². The standard InChI is InChI=1S/C11H13N5O4/c1-6-7(14-20-13-6)5-15-11(19)16-8(10(17)18)3-2-4-9(16)12-15/h8H,2-5H2,1H3,(H,17,18)/t8-/m1/s1. The predicted molar refractivity (Wildman–Crippen MR) is 64.2 cm³/mol. The first kappa shape index (κ1) is 12.6. The summed E-state index contributed by atoms with van der Waals surface area (Å²) in [6.45, 7) is 1.84. The summed E-state index contributed by atoms with van der Waals surface area (Å²) >= 11 is 0. The molecule has 0 unspecified atom stereocenters. The van der Waals surface area contributed by atoms with E-state index in [0.717, 1.165) is 0 Å². The molecule has 9 nitrogen and oxygen atoms in total. The van der Waals surface area contributed by atoms with Crippen LogP contribution >= 0.6 is 0 Å². The third kappa shape index (κ3) is 1.91. The molecule has 2 aromatic rings. The normalized spacial score (nSPS) is 17.9. The van der Waals surface area contributed by atoms with Crippen molar-refractivity contribution in [3.63, 3.8) is 0 Å². The molecule has 0 aliphatic carbocycles. The number of hydrogen-bond donors (Lipinski definition) is 1. The number of nitrogens with zero attached hydrogens (tertiary/aromatic N) is 5. The van der Waals surface area contributed by atoms with E-state index >= 15 is 0 Å². The van der Waals surface area contributed by atoms with E-state index in [9.17, 15) is 14.7 Å². The first-order valence-electron chi connectivity index (χ1n) is 6.27. The number of carboxylic acids is 1. The van der Waals surface area contributed by atoms with Crippen molar-refractivity contribution in [1.29, 1.82) is 0 Å². The van der Waals surface area contributed by atoms with Crippen molar-refractivity contribution in [3.05, 3.63) is 27.7 Å². The van der Waals surface area contributed by atoms with Crippen molar-refractivity contribution < 1.29 is 14.5 Å². The van der Waals surface area contributed by atoms with Crippen LogP contribution in [0.3, 0.4) is 0 Å². The lowest BCUT2D eigenvalue weighted by Crippen LogP contribution is -2.34. The van der Waals surface area contributed by atoms with Crippen molar-refractivity contribution in [2.24, 2.45) is 0 Å². The van der Waals surface area contributed by atoms with Crippen LogP contribution in [0.4, 0.5) is 0 Å². The molecule has 0 fully saturated rings. The van der Waals surface area contributed by atoms with Gasteiger partial charge in [0, 0.05) is 6.42 Å². The van der Waals surface area contributed by atoms with E-state index in [-0.39, 0.29) is 6.54 Å². The first-order valence-corrected chi connectivity index (χ1v) is 6.27. The Morgan fingerprint density at radius 2 is 2.30 bits per heavy atom. The predicted octanol–water partition coefficient (Wildman–Crippen LogP) is -0.253. The third-order valence-electron chi connectivity index (χ3n) is 3.46. The van der Waals surface area contributed by atoms with E-state index in [2.05, 4.69) is 20.0 Å². The van der Waals surface area contributed by atoms with Crippen LogP contribution in [0.15, 0.2) is 9.42 Å². The molecule has 3 rings (SSSR count). The summed E-state index contributed by atoms with van der Waals surface area (Å²) in [7, 11) is 0. The van der Waals surface area contributed by atoms with Gasteiger partial charge in [0.1, 0.15) is 23.3 Å². The highest BCUT2D eigenvalue weighted by atomic mass is 16.6. The molecule has 1 aliphatic rings. The number of hydrogen-bond acceptors (Lipinski definition) is 6. The molecular formula is C11H13N5O4. The minimum Gasteiger partial charge on any atom is -0.480 e. The van der Waals surface area contributed by atoms with Crippen molar-refractivity contribution in [1.82, 2.24) is 24.7 Å². The summed E-state index contributed by atoms with van der Waals surface area (Å²) in [4.78, 5) is 23.5. The number of carboxylic acid groups (broad SMARTS) is 1. The van der Waals surface area contributed by atoms with Gasteiger partial charge in [-0.25, -0.2) is 18.9 Å². The van der Waals surface area contributed by atoms with Crippen LogP contribution < -0.4 is 5.69 Å². The molecule has 0 spiro atoms. The summed E-state index contributed by atoms with van der Waals surface area (Å²) < 4.78 is 7.04. The number of aromatic nitrogens is 5. The Morgan fingerprint density at radius 3 is 2.95 bits per heavy atom. The maximum absolute atomic E-state index is 12.3. The summed E-state index contributed by atoms with van der Waals surface area (Å²) in [5.74, 6) is -0.505. The van der Waals surface area contributed by atoms with E-state index in [4.69, 9.17) is 0 Å². The zero-order valence-corrected chi connectivity index (χ0v) is 10.8. The van der Waals surface area contributed by atoms with Crippen LogP contribution in [0.5, 0.6) is 0 Å². The Hall–Kier alpha value is -2.45. The van der Waals surface area contributed by atoms with Gasteiger partial charge >= 0.3 is 11.7 Å². The highest BCUT2D eigenvalue weighted by molar-refractivity contribution is 5.72. The fourth-order valence-corrected chi connectivity index (χ4v) is 2.40. The molecule has 2 aromatic heterocycles. The summed E-state index contributed by atoms with van der Waals surface area (Å²) in [5.41, 5.74) is 0.654. The van der Waals surface area contributed by atoms with Crippen molar-refractivity contribution in [2.75, 3.05) is 0 Å². The largest absolute Gasteiger partial charge is 0.480 e. The van der Waals surface area contributed by atoms with E-state index in [1.165, 1.54) is 9.25 Å². The Morgan fingerprint density at radius 1 is 1.50 bits per heavy atom. The van der Waals surface area contributed by atoms with Crippen LogP contribution in [-0.4, -0.2) is 35.7 Å². The van der Waals surface area contributed by atoms with E-state index < -0.39 is 17.7 Å². The second-order valence-corrected chi connectivity index (χ2v) is 4.77. The summed E-state index contributed by atoms with van der Waals surface area (Å²) in [6, 6.07) is -0.837.